The summed E-state index contributed by atoms with van der Waals surface area (Å²) >= 11 is 0. The van der Waals surface area contributed by atoms with E-state index >= 15 is 0 Å². The summed E-state index contributed by atoms with van der Waals surface area (Å²) < 4.78 is 0. The van der Waals surface area contributed by atoms with E-state index in [1.165, 1.54) is 16.7 Å². The van der Waals surface area contributed by atoms with Gasteiger partial charge in [0, 0.05) is 32.0 Å². The van der Waals surface area contributed by atoms with Crippen molar-refractivity contribution in [1.82, 2.24) is 9.88 Å². The first-order valence-electron chi connectivity index (χ1n) is 7.21. The maximum atomic E-state index is 5.81. The van der Waals surface area contributed by atoms with Crippen molar-refractivity contribution in [3.8, 4) is 0 Å². The van der Waals surface area contributed by atoms with Crippen LogP contribution < -0.4 is 5.73 Å². The minimum Gasteiger partial charge on any atom is -0.326 e. The molecule has 0 spiro atoms. The first-order chi connectivity index (χ1) is 9.83. The molecule has 2 N–H and O–H groups in total. The number of hydrogen-bond donors (Lipinski definition) is 1. The van der Waals surface area contributed by atoms with E-state index in [4.69, 9.17) is 5.73 Å². The third kappa shape index (κ3) is 4.15. The third-order valence-electron chi connectivity index (χ3n) is 3.62. The summed E-state index contributed by atoms with van der Waals surface area (Å²) in [7, 11) is 0. The molecule has 0 unspecified atom stereocenters. The molecule has 20 heavy (non-hydrogen) atoms. The highest BCUT2D eigenvalue weighted by Crippen LogP contribution is 2.11. The maximum absolute atomic E-state index is 5.81. The number of benzene rings is 1. The first-order valence-corrected chi connectivity index (χ1v) is 7.21. The normalized spacial score (nSPS) is 10.9. The number of pyridine rings is 1. The van der Waals surface area contributed by atoms with Crippen molar-refractivity contribution in [2.75, 3.05) is 13.1 Å². The van der Waals surface area contributed by atoms with Crippen LogP contribution in [0.25, 0.3) is 0 Å². The summed E-state index contributed by atoms with van der Waals surface area (Å²) in [5.74, 6) is 0. The molecular weight excluding hydrogens is 246 g/mol. The fourth-order valence-corrected chi connectivity index (χ4v) is 2.33. The van der Waals surface area contributed by atoms with Gasteiger partial charge in [-0.3, -0.25) is 9.88 Å². The maximum Gasteiger partial charge on any atom is 0.0300 e. The lowest BCUT2D eigenvalue weighted by atomic mass is 10.1. The number of aromatic nitrogens is 1. The number of nitrogens with zero attached hydrogens (tertiary/aromatic N) is 2. The molecule has 0 aliphatic rings. The summed E-state index contributed by atoms with van der Waals surface area (Å²) in [6.07, 6.45) is 4.80. The van der Waals surface area contributed by atoms with Gasteiger partial charge in [0.2, 0.25) is 0 Å². The van der Waals surface area contributed by atoms with Crippen LogP contribution in [0.3, 0.4) is 0 Å². The number of hydrogen-bond acceptors (Lipinski definition) is 3. The van der Waals surface area contributed by atoms with Gasteiger partial charge in [-0.05, 0) is 35.7 Å². The van der Waals surface area contributed by atoms with Crippen LogP contribution in [0.1, 0.15) is 23.6 Å². The fraction of sp³-hybridized carbons (Fsp3) is 0.353. The Balaban J connectivity index is 1.95. The van der Waals surface area contributed by atoms with Crippen molar-refractivity contribution in [1.29, 1.82) is 0 Å². The molecule has 0 fully saturated rings. The average molecular weight is 269 g/mol. The second-order valence-corrected chi connectivity index (χ2v) is 4.95. The number of nitrogens with two attached hydrogens (primary N) is 1. The number of likely N-dealkylation sites (N-methyl/N-ethyl adjacent to an activating group) is 1. The van der Waals surface area contributed by atoms with Crippen LogP contribution in [0.2, 0.25) is 0 Å². The van der Waals surface area contributed by atoms with Gasteiger partial charge in [0.25, 0.3) is 0 Å². The number of rotatable bonds is 7. The van der Waals surface area contributed by atoms with Crippen molar-refractivity contribution >= 4 is 0 Å². The molecule has 0 amide bonds. The van der Waals surface area contributed by atoms with E-state index in [9.17, 15) is 0 Å². The molecule has 0 saturated heterocycles. The molecule has 3 nitrogen and oxygen atoms in total. The zero-order chi connectivity index (χ0) is 14.2. The average Bonchev–Trinajstić information content (AvgIpc) is 2.52. The standard InChI is InChI=1S/C17H23N3/c1-2-20(11-9-15-6-5-10-19-13-15)14-17-8-4-3-7-16(17)12-18/h3-8,10,13H,2,9,11-12,14,18H2,1H3. The van der Waals surface area contributed by atoms with Gasteiger partial charge in [0.15, 0.2) is 0 Å². The van der Waals surface area contributed by atoms with Crippen LogP contribution in [0.5, 0.6) is 0 Å². The monoisotopic (exact) mass is 269 g/mol. The highest BCUT2D eigenvalue weighted by atomic mass is 15.1. The predicted octanol–water partition coefficient (Wildman–Crippen LogP) is 2.60. The van der Waals surface area contributed by atoms with E-state index in [0.717, 1.165) is 26.1 Å². The van der Waals surface area contributed by atoms with Crippen LogP contribution in [0.15, 0.2) is 48.8 Å². The smallest absolute Gasteiger partial charge is 0.0300 e. The van der Waals surface area contributed by atoms with E-state index in [0.29, 0.717) is 6.54 Å². The molecule has 106 valence electrons. The van der Waals surface area contributed by atoms with Gasteiger partial charge < -0.3 is 5.73 Å². The van der Waals surface area contributed by atoms with Crippen LogP contribution >= 0.6 is 0 Å². The van der Waals surface area contributed by atoms with Gasteiger partial charge in [-0.1, -0.05) is 37.3 Å². The lowest BCUT2D eigenvalue weighted by Gasteiger charge is -2.21. The van der Waals surface area contributed by atoms with E-state index in [1.54, 1.807) is 0 Å². The summed E-state index contributed by atoms with van der Waals surface area (Å²) in [4.78, 5) is 6.61. The quantitative estimate of drug-likeness (QED) is 0.840. The Labute approximate surface area is 121 Å². The Kier molecular flexibility index (Phi) is 5.71. The lowest BCUT2D eigenvalue weighted by molar-refractivity contribution is 0.283. The molecule has 0 atom stereocenters. The molecule has 0 saturated carbocycles. The van der Waals surface area contributed by atoms with Gasteiger partial charge in [-0.2, -0.15) is 0 Å². The van der Waals surface area contributed by atoms with Gasteiger partial charge in [-0.25, -0.2) is 0 Å². The second-order valence-electron chi connectivity index (χ2n) is 4.95. The molecule has 0 radical (unpaired) electrons. The topological polar surface area (TPSA) is 42.2 Å². The van der Waals surface area contributed by atoms with Crippen LogP contribution in [0.4, 0.5) is 0 Å². The fourth-order valence-electron chi connectivity index (χ4n) is 2.33. The van der Waals surface area contributed by atoms with Crippen molar-refractivity contribution in [3.63, 3.8) is 0 Å². The minimum absolute atomic E-state index is 0.607. The molecule has 2 aromatic rings. The zero-order valence-electron chi connectivity index (χ0n) is 12.1. The molecular formula is C17H23N3. The highest BCUT2D eigenvalue weighted by molar-refractivity contribution is 5.26. The molecule has 0 bridgehead atoms. The first kappa shape index (κ1) is 14.7. The largest absolute Gasteiger partial charge is 0.326 e. The zero-order valence-corrected chi connectivity index (χ0v) is 12.1. The molecule has 3 heteroatoms. The van der Waals surface area contributed by atoms with E-state index in [2.05, 4.69) is 47.1 Å². The van der Waals surface area contributed by atoms with Crippen LogP contribution in [0, 0.1) is 0 Å². The summed E-state index contributed by atoms with van der Waals surface area (Å²) in [6.45, 7) is 5.86. The van der Waals surface area contributed by atoms with Crippen LogP contribution in [-0.4, -0.2) is 23.0 Å². The molecule has 0 aliphatic carbocycles. The van der Waals surface area contributed by atoms with Crippen molar-refractivity contribution in [3.05, 3.63) is 65.5 Å². The Bertz CT molecular complexity index is 511. The van der Waals surface area contributed by atoms with Crippen molar-refractivity contribution in [2.24, 2.45) is 5.73 Å². The minimum atomic E-state index is 0.607. The summed E-state index contributed by atoms with van der Waals surface area (Å²) in [6, 6.07) is 12.6. The Hall–Kier alpha value is -1.71. The molecule has 1 aromatic heterocycles. The van der Waals surface area contributed by atoms with E-state index in [-0.39, 0.29) is 0 Å². The second kappa shape index (κ2) is 7.78. The predicted molar refractivity (Wildman–Crippen MR) is 83.2 cm³/mol. The summed E-state index contributed by atoms with van der Waals surface area (Å²) in [5.41, 5.74) is 9.67. The van der Waals surface area contributed by atoms with Crippen LogP contribution in [-0.2, 0) is 19.5 Å². The Morgan fingerprint density at radius 3 is 2.55 bits per heavy atom. The molecule has 1 heterocycles. The molecule has 0 aliphatic heterocycles. The summed E-state index contributed by atoms with van der Waals surface area (Å²) in [5, 5.41) is 0. The van der Waals surface area contributed by atoms with E-state index < -0.39 is 0 Å². The van der Waals surface area contributed by atoms with Gasteiger partial charge in [0.1, 0.15) is 0 Å². The Morgan fingerprint density at radius 2 is 1.90 bits per heavy atom. The molecule has 2 rings (SSSR count). The van der Waals surface area contributed by atoms with Gasteiger partial charge in [-0.15, -0.1) is 0 Å². The highest BCUT2D eigenvalue weighted by Gasteiger charge is 2.07. The lowest BCUT2D eigenvalue weighted by Crippen LogP contribution is -2.26. The third-order valence-corrected chi connectivity index (χ3v) is 3.62. The van der Waals surface area contributed by atoms with Crippen molar-refractivity contribution in [2.45, 2.75) is 26.4 Å². The van der Waals surface area contributed by atoms with Gasteiger partial charge >= 0.3 is 0 Å². The van der Waals surface area contributed by atoms with Gasteiger partial charge in [0.05, 0.1) is 0 Å². The SMILES string of the molecule is CCN(CCc1cccnc1)Cc1ccccc1CN. The van der Waals surface area contributed by atoms with Crippen molar-refractivity contribution < 1.29 is 0 Å². The molecule has 1 aromatic carbocycles. The van der Waals surface area contributed by atoms with E-state index in [1.807, 2.05) is 18.5 Å². The Morgan fingerprint density at radius 1 is 1.10 bits per heavy atom.